The highest BCUT2D eigenvalue weighted by Gasteiger charge is 2.27. The number of methoxy groups -OCH3 is 1. The second-order valence-electron chi connectivity index (χ2n) is 7.83. The number of carbonyl (C=O) groups is 2. The van der Waals surface area contributed by atoms with E-state index in [-0.39, 0.29) is 23.7 Å². The number of non-ortho nitro benzene ring substituents is 1. The van der Waals surface area contributed by atoms with Gasteiger partial charge >= 0.3 is 6.09 Å². The number of amides is 2. The number of likely N-dealkylation sites (tertiary alicyclic amines) is 1. The molecule has 2 heterocycles. The SMILES string of the molecule is COC(=O)N1CCC(NC(=O)c2cc([N+](=O)[O-])ccc2N2CCC(C)CC2)CC1. The molecule has 0 spiro atoms. The summed E-state index contributed by atoms with van der Waals surface area (Å²) in [7, 11) is 1.35. The van der Waals surface area contributed by atoms with Crippen LogP contribution in [0.15, 0.2) is 18.2 Å². The van der Waals surface area contributed by atoms with Crippen LogP contribution in [0.3, 0.4) is 0 Å². The van der Waals surface area contributed by atoms with E-state index in [2.05, 4.69) is 17.1 Å². The number of nitro groups is 1. The number of nitrogens with one attached hydrogen (secondary N) is 1. The zero-order valence-electron chi connectivity index (χ0n) is 16.9. The lowest BCUT2D eigenvalue weighted by atomic mass is 9.97. The van der Waals surface area contributed by atoms with Crippen LogP contribution in [-0.2, 0) is 4.74 Å². The first-order chi connectivity index (χ1) is 13.9. The zero-order valence-corrected chi connectivity index (χ0v) is 16.9. The van der Waals surface area contributed by atoms with Crippen molar-refractivity contribution in [2.75, 3.05) is 38.2 Å². The summed E-state index contributed by atoms with van der Waals surface area (Å²) in [5.74, 6) is 0.334. The fourth-order valence-corrected chi connectivity index (χ4v) is 3.94. The van der Waals surface area contributed by atoms with Gasteiger partial charge in [-0.25, -0.2) is 4.79 Å². The second kappa shape index (κ2) is 9.11. The maximum atomic E-state index is 13.0. The van der Waals surface area contributed by atoms with Gasteiger partial charge in [0.1, 0.15) is 0 Å². The first-order valence-corrected chi connectivity index (χ1v) is 10.1. The van der Waals surface area contributed by atoms with Crippen molar-refractivity contribution in [2.24, 2.45) is 5.92 Å². The number of piperidine rings is 2. The summed E-state index contributed by atoms with van der Waals surface area (Å²) in [5.41, 5.74) is 0.987. The van der Waals surface area contributed by atoms with Crippen molar-refractivity contribution in [3.8, 4) is 0 Å². The van der Waals surface area contributed by atoms with Crippen LogP contribution in [0.25, 0.3) is 0 Å². The molecule has 0 aliphatic carbocycles. The molecule has 2 fully saturated rings. The smallest absolute Gasteiger partial charge is 0.409 e. The van der Waals surface area contributed by atoms with Crippen LogP contribution in [0, 0.1) is 16.0 Å². The van der Waals surface area contributed by atoms with Crippen molar-refractivity contribution >= 4 is 23.4 Å². The molecule has 158 valence electrons. The van der Waals surface area contributed by atoms with Gasteiger partial charge in [0.05, 0.1) is 23.3 Å². The number of hydrogen-bond donors (Lipinski definition) is 1. The van der Waals surface area contributed by atoms with Crippen molar-refractivity contribution in [2.45, 2.75) is 38.6 Å². The predicted octanol–water partition coefficient (Wildman–Crippen LogP) is 2.79. The molecule has 29 heavy (non-hydrogen) atoms. The topological polar surface area (TPSA) is 105 Å². The highest BCUT2D eigenvalue weighted by atomic mass is 16.6. The fourth-order valence-electron chi connectivity index (χ4n) is 3.94. The van der Waals surface area contributed by atoms with Crippen LogP contribution in [-0.4, -0.2) is 61.2 Å². The third-order valence-electron chi connectivity index (χ3n) is 5.82. The van der Waals surface area contributed by atoms with Gasteiger partial charge in [0.2, 0.25) is 0 Å². The number of carbonyl (C=O) groups excluding carboxylic acids is 2. The lowest BCUT2D eigenvalue weighted by Crippen LogP contribution is -2.46. The van der Waals surface area contributed by atoms with E-state index >= 15 is 0 Å². The maximum Gasteiger partial charge on any atom is 0.409 e. The average Bonchev–Trinajstić information content (AvgIpc) is 2.73. The van der Waals surface area contributed by atoms with Crippen molar-refractivity contribution in [3.05, 3.63) is 33.9 Å². The number of hydrogen-bond acceptors (Lipinski definition) is 6. The maximum absolute atomic E-state index is 13.0. The van der Waals surface area contributed by atoms with E-state index in [9.17, 15) is 19.7 Å². The first-order valence-electron chi connectivity index (χ1n) is 10.1. The molecule has 2 saturated heterocycles. The minimum Gasteiger partial charge on any atom is -0.453 e. The summed E-state index contributed by atoms with van der Waals surface area (Å²) in [6, 6.07) is 4.42. The van der Waals surface area contributed by atoms with Gasteiger partial charge in [-0.05, 0) is 37.7 Å². The second-order valence-corrected chi connectivity index (χ2v) is 7.83. The molecule has 1 aromatic carbocycles. The lowest BCUT2D eigenvalue weighted by molar-refractivity contribution is -0.384. The molecule has 0 unspecified atom stereocenters. The molecule has 2 amide bonds. The number of ether oxygens (including phenoxy) is 1. The van der Waals surface area contributed by atoms with Gasteiger partial charge in [-0.1, -0.05) is 6.92 Å². The minimum absolute atomic E-state index is 0.0862. The van der Waals surface area contributed by atoms with E-state index in [4.69, 9.17) is 4.74 Å². The van der Waals surface area contributed by atoms with E-state index in [1.807, 2.05) is 0 Å². The first kappa shape index (κ1) is 20.9. The van der Waals surface area contributed by atoms with Gasteiger partial charge in [-0.15, -0.1) is 0 Å². The molecular weight excluding hydrogens is 376 g/mol. The Morgan fingerprint density at radius 1 is 1.14 bits per heavy atom. The summed E-state index contributed by atoms with van der Waals surface area (Å²) in [6.07, 6.45) is 2.93. The summed E-state index contributed by atoms with van der Waals surface area (Å²) in [4.78, 5) is 39.1. The Kier molecular flexibility index (Phi) is 6.56. The number of rotatable bonds is 4. The number of nitrogens with zero attached hydrogens (tertiary/aromatic N) is 3. The standard InChI is InChI=1S/C20H28N4O5/c1-14-5-9-22(10-6-14)18-4-3-16(24(27)28)13-17(18)19(25)21-15-7-11-23(12-8-15)20(26)29-2/h3-4,13-15H,5-12H2,1-2H3,(H,21,25). The van der Waals surface area contributed by atoms with Crippen molar-refractivity contribution < 1.29 is 19.2 Å². The van der Waals surface area contributed by atoms with Gasteiger partial charge in [0.15, 0.2) is 0 Å². The van der Waals surface area contributed by atoms with Gasteiger partial charge in [0.25, 0.3) is 11.6 Å². The van der Waals surface area contributed by atoms with Crippen LogP contribution in [0.2, 0.25) is 0 Å². The molecule has 1 aromatic rings. The highest BCUT2D eigenvalue weighted by molar-refractivity contribution is 6.00. The molecule has 0 saturated carbocycles. The fraction of sp³-hybridized carbons (Fsp3) is 0.600. The Morgan fingerprint density at radius 3 is 2.38 bits per heavy atom. The molecule has 9 nitrogen and oxygen atoms in total. The van der Waals surface area contributed by atoms with Crippen LogP contribution in [0.4, 0.5) is 16.2 Å². The van der Waals surface area contributed by atoms with Crippen molar-refractivity contribution in [3.63, 3.8) is 0 Å². The number of anilines is 1. The molecule has 2 aliphatic rings. The molecule has 0 radical (unpaired) electrons. The summed E-state index contributed by atoms with van der Waals surface area (Å²) >= 11 is 0. The van der Waals surface area contributed by atoms with Crippen LogP contribution >= 0.6 is 0 Å². The van der Waals surface area contributed by atoms with Crippen LogP contribution in [0.5, 0.6) is 0 Å². The Labute approximate surface area is 170 Å². The van der Waals surface area contributed by atoms with Crippen LogP contribution < -0.4 is 10.2 Å². The normalized spacial score (nSPS) is 18.4. The quantitative estimate of drug-likeness (QED) is 0.611. The van der Waals surface area contributed by atoms with E-state index in [1.165, 1.54) is 19.2 Å². The van der Waals surface area contributed by atoms with Gasteiger partial charge in [0, 0.05) is 44.4 Å². The Morgan fingerprint density at radius 2 is 1.79 bits per heavy atom. The van der Waals surface area contributed by atoms with E-state index in [0.29, 0.717) is 37.4 Å². The Bertz CT molecular complexity index is 768. The summed E-state index contributed by atoms with van der Waals surface area (Å²) in [6.45, 7) is 4.88. The minimum atomic E-state index is -0.478. The van der Waals surface area contributed by atoms with Crippen LogP contribution in [0.1, 0.15) is 43.0 Å². The molecule has 3 rings (SSSR count). The largest absolute Gasteiger partial charge is 0.453 e. The van der Waals surface area contributed by atoms with Crippen molar-refractivity contribution in [1.29, 1.82) is 0 Å². The molecule has 2 aliphatic heterocycles. The molecule has 0 bridgehead atoms. The molecule has 0 aromatic heterocycles. The third-order valence-corrected chi connectivity index (χ3v) is 5.82. The highest BCUT2D eigenvalue weighted by Crippen LogP contribution is 2.29. The molecule has 0 atom stereocenters. The van der Waals surface area contributed by atoms with Crippen molar-refractivity contribution in [1.82, 2.24) is 10.2 Å². The Balaban J connectivity index is 1.73. The van der Waals surface area contributed by atoms with E-state index in [0.717, 1.165) is 31.6 Å². The van der Waals surface area contributed by atoms with Gasteiger partial charge in [-0.3, -0.25) is 14.9 Å². The Hall–Kier alpha value is -2.84. The average molecular weight is 404 g/mol. The summed E-state index contributed by atoms with van der Waals surface area (Å²) < 4.78 is 4.73. The number of nitro benzene ring substituents is 1. The molecule has 9 heteroatoms. The predicted molar refractivity (Wildman–Crippen MR) is 108 cm³/mol. The van der Waals surface area contributed by atoms with E-state index in [1.54, 1.807) is 11.0 Å². The summed E-state index contributed by atoms with van der Waals surface area (Å²) in [5, 5.41) is 14.2. The zero-order chi connectivity index (χ0) is 21.0. The molecular formula is C20H28N4O5. The number of benzene rings is 1. The third kappa shape index (κ3) is 4.96. The monoisotopic (exact) mass is 404 g/mol. The molecule has 1 N–H and O–H groups in total. The van der Waals surface area contributed by atoms with E-state index < -0.39 is 4.92 Å². The lowest BCUT2D eigenvalue weighted by Gasteiger charge is -2.34. The van der Waals surface area contributed by atoms with Gasteiger partial charge in [-0.2, -0.15) is 0 Å². The van der Waals surface area contributed by atoms with Gasteiger partial charge < -0.3 is 19.9 Å².